The predicted octanol–water partition coefficient (Wildman–Crippen LogP) is 2.39. The SMILES string of the molecule is CNC1(c2nc(C)cs2)CCSC1C. The van der Waals surface area contributed by atoms with E-state index in [1.807, 2.05) is 11.8 Å². The maximum atomic E-state index is 4.63. The second-order valence-corrected chi connectivity index (χ2v) is 6.09. The molecule has 1 N–H and O–H groups in total. The third-order valence-corrected chi connectivity index (χ3v) is 5.48. The molecule has 1 fully saturated rings. The lowest BCUT2D eigenvalue weighted by atomic mass is 9.94. The first kappa shape index (κ1) is 10.5. The van der Waals surface area contributed by atoms with E-state index in [1.165, 1.54) is 17.2 Å². The second-order valence-electron chi connectivity index (χ2n) is 3.78. The molecule has 4 heteroatoms. The Morgan fingerprint density at radius 2 is 2.43 bits per heavy atom. The summed E-state index contributed by atoms with van der Waals surface area (Å²) in [7, 11) is 2.05. The number of rotatable bonds is 2. The Hall–Kier alpha value is -0.0600. The zero-order chi connectivity index (χ0) is 10.2. The molecule has 78 valence electrons. The van der Waals surface area contributed by atoms with Crippen LogP contribution in [0.2, 0.25) is 0 Å². The Balaban J connectivity index is 2.37. The highest BCUT2D eigenvalue weighted by Gasteiger charge is 2.43. The van der Waals surface area contributed by atoms with Gasteiger partial charge in [-0.3, -0.25) is 0 Å². The molecule has 2 unspecified atom stereocenters. The minimum Gasteiger partial charge on any atom is -0.308 e. The van der Waals surface area contributed by atoms with Gasteiger partial charge in [-0.05, 0) is 26.1 Å². The van der Waals surface area contributed by atoms with Crippen LogP contribution in [0.4, 0.5) is 0 Å². The first-order valence-corrected chi connectivity index (χ1v) is 6.85. The van der Waals surface area contributed by atoms with Gasteiger partial charge in [-0.15, -0.1) is 11.3 Å². The second kappa shape index (κ2) is 3.83. The van der Waals surface area contributed by atoms with E-state index in [2.05, 4.69) is 36.6 Å². The fourth-order valence-corrected chi connectivity index (χ4v) is 4.64. The molecule has 0 aliphatic carbocycles. The molecular formula is C10H16N2S2. The first-order valence-electron chi connectivity index (χ1n) is 4.92. The fraction of sp³-hybridized carbons (Fsp3) is 0.700. The van der Waals surface area contributed by atoms with Gasteiger partial charge in [-0.25, -0.2) is 4.98 Å². The number of aryl methyl sites for hydroxylation is 1. The maximum absolute atomic E-state index is 4.63. The summed E-state index contributed by atoms with van der Waals surface area (Å²) < 4.78 is 0. The maximum Gasteiger partial charge on any atom is 0.114 e. The van der Waals surface area contributed by atoms with Crippen molar-refractivity contribution in [1.82, 2.24) is 10.3 Å². The number of hydrogen-bond acceptors (Lipinski definition) is 4. The molecule has 0 spiro atoms. The van der Waals surface area contributed by atoms with Crippen LogP contribution >= 0.6 is 23.1 Å². The average molecular weight is 228 g/mol. The van der Waals surface area contributed by atoms with E-state index in [0.717, 1.165) is 5.69 Å². The number of nitrogens with zero attached hydrogens (tertiary/aromatic N) is 1. The van der Waals surface area contributed by atoms with Crippen molar-refractivity contribution in [3.05, 3.63) is 16.1 Å². The molecule has 0 saturated carbocycles. The summed E-state index contributed by atoms with van der Waals surface area (Å²) >= 11 is 3.82. The highest BCUT2D eigenvalue weighted by Crippen LogP contribution is 2.43. The van der Waals surface area contributed by atoms with Crippen molar-refractivity contribution in [2.75, 3.05) is 12.8 Å². The van der Waals surface area contributed by atoms with Crippen LogP contribution in [0, 0.1) is 6.92 Å². The quantitative estimate of drug-likeness (QED) is 0.841. The van der Waals surface area contributed by atoms with E-state index in [4.69, 9.17) is 0 Å². The van der Waals surface area contributed by atoms with Crippen molar-refractivity contribution in [3.63, 3.8) is 0 Å². The largest absolute Gasteiger partial charge is 0.308 e. The molecule has 1 aliphatic heterocycles. The topological polar surface area (TPSA) is 24.9 Å². The monoisotopic (exact) mass is 228 g/mol. The summed E-state index contributed by atoms with van der Waals surface area (Å²) in [4.78, 5) is 4.63. The highest BCUT2D eigenvalue weighted by atomic mass is 32.2. The Bertz CT molecular complexity index is 324. The molecule has 0 radical (unpaired) electrons. The molecule has 0 bridgehead atoms. The third kappa shape index (κ3) is 1.49. The molecule has 1 aliphatic rings. The Labute approximate surface area is 93.5 Å². The van der Waals surface area contributed by atoms with Crippen molar-refractivity contribution in [2.45, 2.75) is 31.1 Å². The Morgan fingerprint density at radius 3 is 2.86 bits per heavy atom. The van der Waals surface area contributed by atoms with Gasteiger partial charge in [-0.1, -0.05) is 6.92 Å². The minimum atomic E-state index is 0.129. The van der Waals surface area contributed by atoms with E-state index < -0.39 is 0 Å². The molecule has 0 aromatic carbocycles. The third-order valence-electron chi connectivity index (χ3n) is 3.00. The molecule has 1 saturated heterocycles. The van der Waals surface area contributed by atoms with Gasteiger partial charge < -0.3 is 5.32 Å². The van der Waals surface area contributed by atoms with Gasteiger partial charge in [-0.2, -0.15) is 11.8 Å². The lowest BCUT2D eigenvalue weighted by molar-refractivity contribution is 0.361. The van der Waals surface area contributed by atoms with Crippen LogP contribution in [0.25, 0.3) is 0 Å². The molecule has 2 rings (SSSR count). The summed E-state index contributed by atoms with van der Waals surface area (Å²) in [6, 6.07) is 0. The molecule has 2 atom stereocenters. The summed E-state index contributed by atoms with van der Waals surface area (Å²) in [6.45, 7) is 4.36. The molecule has 0 amide bonds. The molecule has 1 aromatic heterocycles. The van der Waals surface area contributed by atoms with E-state index in [9.17, 15) is 0 Å². The van der Waals surface area contributed by atoms with Gasteiger partial charge >= 0.3 is 0 Å². The molecule has 2 heterocycles. The van der Waals surface area contributed by atoms with Crippen LogP contribution in [0.1, 0.15) is 24.0 Å². The van der Waals surface area contributed by atoms with Gasteiger partial charge in [0.1, 0.15) is 5.01 Å². The van der Waals surface area contributed by atoms with E-state index in [1.54, 1.807) is 11.3 Å². The van der Waals surface area contributed by atoms with Gasteiger partial charge in [0, 0.05) is 16.3 Å². The summed E-state index contributed by atoms with van der Waals surface area (Å²) in [5.74, 6) is 1.24. The van der Waals surface area contributed by atoms with Crippen molar-refractivity contribution in [3.8, 4) is 0 Å². The van der Waals surface area contributed by atoms with E-state index >= 15 is 0 Å². The molecular weight excluding hydrogens is 212 g/mol. The van der Waals surface area contributed by atoms with Crippen LogP contribution in [-0.2, 0) is 5.54 Å². The van der Waals surface area contributed by atoms with Crippen molar-refractivity contribution in [2.24, 2.45) is 0 Å². The normalized spacial score (nSPS) is 32.4. The lowest BCUT2D eigenvalue weighted by Gasteiger charge is -2.30. The smallest absolute Gasteiger partial charge is 0.114 e. The Morgan fingerprint density at radius 1 is 1.64 bits per heavy atom. The number of thioether (sulfide) groups is 1. The van der Waals surface area contributed by atoms with Crippen molar-refractivity contribution in [1.29, 1.82) is 0 Å². The summed E-state index contributed by atoms with van der Waals surface area (Å²) in [5, 5.41) is 7.51. The van der Waals surface area contributed by atoms with Gasteiger partial charge in [0.05, 0.1) is 5.54 Å². The molecule has 2 nitrogen and oxygen atoms in total. The minimum absolute atomic E-state index is 0.129. The van der Waals surface area contributed by atoms with E-state index in [0.29, 0.717) is 5.25 Å². The Kier molecular flexibility index (Phi) is 2.86. The van der Waals surface area contributed by atoms with Crippen LogP contribution < -0.4 is 5.32 Å². The zero-order valence-electron chi connectivity index (χ0n) is 8.83. The number of thiazole rings is 1. The standard InChI is InChI=1S/C10H16N2S2/c1-7-6-14-9(12-7)10(11-3)4-5-13-8(10)2/h6,8,11H,4-5H2,1-3H3. The first-order chi connectivity index (χ1) is 6.69. The van der Waals surface area contributed by atoms with Crippen LogP contribution in [-0.4, -0.2) is 23.0 Å². The van der Waals surface area contributed by atoms with Gasteiger partial charge in [0.15, 0.2) is 0 Å². The predicted molar refractivity (Wildman–Crippen MR) is 64.1 cm³/mol. The van der Waals surface area contributed by atoms with Crippen molar-refractivity contribution >= 4 is 23.1 Å². The van der Waals surface area contributed by atoms with Crippen molar-refractivity contribution < 1.29 is 0 Å². The fourth-order valence-electron chi connectivity index (χ4n) is 2.02. The van der Waals surface area contributed by atoms with E-state index in [-0.39, 0.29) is 5.54 Å². The molecule has 14 heavy (non-hydrogen) atoms. The highest BCUT2D eigenvalue weighted by molar-refractivity contribution is 8.00. The number of aromatic nitrogens is 1. The van der Waals surface area contributed by atoms with Crippen LogP contribution in [0.15, 0.2) is 5.38 Å². The number of nitrogens with one attached hydrogen (secondary N) is 1. The lowest BCUT2D eigenvalue weighted by Crippen LogP contribution is -2.44. The molecule has 1 aromatic rings. The number of hydrogen-bond donors (Lipinski definition) is 1. The summed E-state index contributed by atoms with van der Waals surface area (Å²) in [6.07, 6.45) is 1.20. The summed E-state index contributed by atoms with van der Waals surface area (Å²) in [5.41, 5.74) is 1.27. The van der Waals surface area contributed by atoms with Gasteiger partial charge in [0.2, 0.25) is 0 Å². The average Bonchev–Trinajstić information content (AvgIpc) is 2.73. The van der Waals surface area contributed by atoms with Crippen LogP contribution in [0.5, 0.6) is 0 Å². The van der Waals surface area contributed by atoms with Gasteiger partial charge in [0.25, 0.3) is 0 Å². The zero-order valence-corrected chi connectivity index (χ0v) is 10.5. The van der Waals surface area contributed by atoms with Crippen LogP contribution in [0.3, 0.4) is 0 Å².